The number of aryl methyl sites for hydroxylation is 1. The van der Waals surface area contributed by atoms with Gasteiger partial charge in [-0.05, 0) is 19.1 Å². The number of nitrogen functional groups attached to an aromatic ring is 1. The second kappa shape index (κ2) is 4.65. The molecular formula is C13H14N4. The van der Waals surface area contributed by atoms with Crippen molar-refractivity contribution in [1.82, 2.24) is 9.97 Å². The normalized spacial score (nSPS) is 9.94. The molecular weight excluding hydrogens is 212 g/mol. The van der Waals surface area contributed by atoms with Crippen LogP contribution in [0, 0.1) is 6.92 Å². The van der Waals surface area contributed by atoms with Gasteiger partial charge in [0.1, 0.15) is 5.69 Å². The van der Waals surface area contributed by atoms with Crippen LogP contribution < -0.4 is 11.1 Å². The predicted octanol–water partition coefficient (Wildman–Crippen LogP) is 2.45. The van der Waals surface area contributed by atoms with Gasteiger partial charge in [0.05, 0.1) is 17.6 Å². The maximum absolute atomic E-state index is 5.77. The molecule has 0 spiro atoms. The molecule has 0 aliphatic carbocycles. The lowest BCUT2D eigenvalue weighted by atomic mass is 10.2. The van der Waals surface area contributed by atoms with Gasteiger partial charge >= 0.3 is 0 Å². The average molecular weight is 226 g/mol. The van der Waals surface area contributed by atoms with E-state index in [2.05, 4.69) is 21.9 Å². The fourth-order valence-electron chi connectivity index (χ4n) is 1.46. The summed E-state index contributed by atoms with van der Waals surface area (Å²) in [6.07, 6.45) is 1.63. The number of nitrogens with one attached hydrogen (secondary N) is 1. The highest BCUT2D eigenvalue weighted by molar-refractivity contribution is 5.77. The highest BCUT2D eigenvalue weighted by Gasteiger charge is 2.07. The maximum atomic E-state index is 5.77. The Hall–Kier alpha value is -2.36. The third-order valence-corrected chi connectivity index (χ3v) is 2.28. The first kappa shape index (κ1) is 11.1. The minimum Gasteiger partial charge on any atom is -0.382 e. The average Bonchev–Trinajstić information content (AvgIpc) is 2.33. The Kier molecular flexibility index (Phi) is 3.05. The van der Waals surface area contributed by atoms with Crippen LogP contribution in [0.25, 0.3) is 5.70 Å². The second-order valence-corrected chi connectivity index (χ2v) is 3.71. The summed E-state index contributed by atoms with van der Waals surface area (Å²) in [4.78, 5) is 8.38. The highest BCUT2D eigenvalue weighted by Crippen LogP contribution is 2.18. The van der Waals surface area contributed by atoms with Crippen molar-refractivity contribution in [2.24, 2.45) is 0 Å². The number of rotatable bonds is 3. The Morgan fingerprint density at radius 1 is 1.29 bits per heavy atom. The first-order valence-electron chi connectivity index (χ1n) is 5.27. The monoisotopic (exact) mass is 226 g/mol. The summed E-state index contributed by atoms with van der Waals surface area (Å²) in [5.74, 6) is 0.379. The molecule has 0 radical (unpaired) electrons. The first-order valence-corrected chi connectivity index (χ1v) is 5.27. The summed E-state index contributed by atoms with van der Waals surface area (Å²) in [6, 6.07) is 9.74. The third-order valence-electron chi connectivity index (χ3n) is 2.28. The fourth-order valence-corrected chi connectivity index (χ4v) is 1.46. The fraction of sp³-hybridized carbons (Fsp3) is 0.0769. The molecule has 2 rings (SSSR count). The zero-order valence-corrected chi connectivity index (χ0v) is 9.64. The van der Waals surface area contributed by atoms with E-state index >= 15 is 0 Å². The van der Waals surface area contributed by atoms with Crippen LogP contribution >= 0.6 is 0 Å². The molecule has 1 aromatic heterocycles. The number of anilines is 2. The largest absolute Gasteiger partial charge is 0.382 e. The predicted molar refractivity (Wildman–Crippen MR) is 70.3 cm³/mol. The van der Waals surface area contributed by atoms with Gasteiger partial charge in [-0.15, -0.1) is 0 Å². The van der Waals surface area contributed by atoms with Crippen molar-refractivity contribution < 1.29 is 0 Å². The van der Waals surface area contributed by atoms with E-state index in [-0.39, 0.29) is 0 Å². The van der Waals surface area contributed by atoms with Crippen LogP contribution in [0.1, 0.15) is 11.4 Å². The summed E-state index contributed by atoms with van der Waals surface area (Å²) in [6.45, 7) is 5.80. The van der Waals surface area contributed by atoms with Crippen LogP contribution in [0.3, 0.4) is 0 Å². The van der Waals surface area contributed by atoms with Crippen LogP contribution in [0.4, 0.5) is 11.5 Å². The van der Waals surface area contributed by atoms with Crippen molar-refractivity contribution in [3.8, 4) is 0 Å². The van der Waals surface area contributed by atoms with E-state index in [0.717, 1.165) is 11.4 Å². The minimum atomic E-state index is 0.379. The van der Waals surface area contributed by atoms with Crippen LogP contribution in [-0.2, 0) is 0 Å². The molecule has 1 aromatic carbocycles. The molecule has 1 heterocycles. The number of para-hydroxylation sites is 1. The number of hydrogen-bond acceptors (Lipinski definition) is 4. The van der Waals surface area contributed by atoms with Gasteiger partial charge in [0, 0.05) is 5.69 Å². The third kappa shape index (κ3) is 2.60. The van der Waals surface area contributed by atoms with Crippen LogP contribution in [0.2, 0.25) is 0 Å². The van der Waals surface area contributed by atoms with Gasteiger partial charge in [0.15, 0.2) is 5.82 Å². The molecule has 4 nitrogen and oxygen atoms in total. The summed E-state index contributed by atoms with van der Waals surface area (Å²) < 4.78 is 0. The molecule has 0 bridgehead atoms. The highest BCUT2D eigenvalue weighted by atomic mass is 15.0. The molecule has 0 amide bonds. The van der Waals surface area contributed by atoms with Crippen molar-refractivity contribution in [2.45, 2.75) is 6.92 Å². The van der Waals surface area contributed by atoms with Gasteiger partial charge in [-0.25, -0.2) is 9.97 Å². The molecule has 0 saturated heterocycles. The van der Waals surface area contributed by atoms with Gasteiger partial charge in [0.25, 0.3) is 0 Å². The number of benzene rings is 1. The Morgan fingerprint density at radius 3 is 2.71 bits per heavy atom. The summed E-state index contributed by atoms with van der Waals surface area (Å²) in [5, 5.41) is 3.15. The molecule has 0 atom stereocenters. The van der Waals surface area contributed by atoms with Gasteiger partial charge < -0.3 is 11.1 Å². The van der Waals surface area contributed by atoms with Gasteiger partial charge in [0.2, 0.25) is 0 Å². The van der Waals surface area contributed by atoms with E-state index in [0.29, 0.717) is 17.2 Å². The Labute approximate surface area is 100 Å². The number of hydrogen-bond donors (Lipinski definition) is 2. The Morgan fingerprint density at radius 2 is 2.00 bits per heavy atom. The molecule has 0 fully saturated rings. The Bertz CT molecular complexity index is 534. The lowest BCUT2D eigenvalue weighted by Gasteiger charge is -2.10. The van der Waals surface area contributed by atoms with E-state index in [1.165, 1.54) is 0 Å². The van der Waals surface area contributed by atoms with E-state index in [9.17, 15) is 0 Å². The summed E-state index contributed by atoms with van der Waals surface area (Å²) >= 11 is 0. The van der Waals surface area contributed by atoms with Crippen LogP contribution in [-0.4, -0.2) is 9.97 Å². The maximum Gasteiger partial charge on any atom is 0.151 e. The van der Waals surface area contributed by atoms with Gasteiger partial charge in [-0.2, -0.15) is 0 Å². The zero-order valence-electron chi connectivity index (χ0n) is 9.64. The first-order chi connectivity index (χ1) is 8.16. The standard InChI is InChI=1S/C13H14N4/c1-9-8-15-13(14)12(16-9)10(2)17-11-6-4-3-5-7-11/h3-8,17H,2H2,1H3,(H2,14,15). The molecule has 86 valence electrons. The topological polar surface area (TPSA) is 63.8 Å². The molecule has 17 heavy (non-hydrogen) atoms. The van der Waals surface area contributed by atoms with E-state index in [1.54, 1.807) is 6.20 Å². The van der Waals surface area contributed by atoms with E-state index in [1.807, 2.05) is 37.3 Å². The molecule has 0 aliphatic rings. The van der Waals surface area contributed by atoms with Gasteiger partial charge in [-0.1, -0.05) is 24.8 Å². The van der Waals surface area contributed by atoms with Crippen molar-refractivity contribution in [2.75, 3.05) is 11.1 Å². The van der Waals surface area contributed by atoms with Crippen molar-refractivity contribution in [3.05, 3.63) is 54.5 Å². The Balaban J connectivity index is 2.23. The molecule has 0 unspecified atom stereocenters. The van der Waals surface area contributed by atoms with Crippen LogP contribution in [0.15, 0.2) is 43.1 Å². The van der Waals surface area contributed by atoms with E-state index < -0.39 is 0 Å². The number of nitrogens with zero attached hydrogens (tertiary/aromatic N) is 2. The molecule has 3 N–H and O–H groups in total. The SMILES string of the molecule is C=C(Nc1ccccc1)c1nc(C)cnc1N. The van der Waals surface area contributed by atoms with Crippen molar-refractivity contribution >= 4 is 17.2 Å². The minimum absolute atomic E-state index is 0.379. The smallest absolute Gasteiger partial charge is 0.151 e. The molecule has 4 heteroatoms. The number of nitrogens with two attached hydrogens (primary N) is 1. The zero-order chi connectivity index (χ0) is 12.3. The quantitative estimate of drug-likeness (QED) is 0.843. The molecule has 0 aliphatic heterocycles. The summed E-state index contributed by atoms with van der Waals surface area (Å²) in [7, 11) is 0. The van der Waals surface area contributed by atoms with E-state index in [4.69, 9.17) is 5.73 Å². The molecule has 2 aromatic rings. The lowest BCUT2D eigenvalue weighted by molar-refractivity contribution is 1.10. The molecule has 0 saturated carbocycles. The van der Waals surface area contributed by atoms with Crippen molar-refractivity contribution in [3.63, 3.8) is 0 Å². The number of aromatic nitrogens is 2. The summed E-state index contributed by atoms with van der Waals surface area (Å²) in [5.41, 5.74) is 8.76. The second-order valence-electron chi connectivity index (χ2n) is 3.71. The van der Waals surface area contributed by atoms with Gasteiger partial charge in [-0.3, -0.25) is 0 Å². The van der Waals surface area contributed by atoms with Crippen LogP contribution in [0.5, 0.6) is 0 Å². The lowest BCUT2D eigenvalue weighted by Crippen LogP contribution is -2.06. The van der Waals surface area contributed by atoms with Crippen molar-refractivity contribution in [1.29, 1.82) is 0 Å².